The molecule has 4 rings (SSSR count). The lowest BCUT2D eigenvalue weighted by molar-refractivity contribution is -0.137. The van der Waals surface area contributed by atoms with Crippen LogP contribution < -0.4 is 10.6 Å². The molecule has 2 aliphatic carbocycles. The van der Waals surface area contributed by atoms with Gasteiger partial charge in [-0.1, -0.05) is 67.8 Å². The molecule has 3 N–H and O–H groups in total. The zero-order chi connectivity index (χ0) is 24.7. The monoisotopic (exact) mass is 478 g/mol. The molecule has 0 heterocycles. The Morgan fingerprint density at radius 2 is 1.54 bits per heavy atom. The molecule has 2 aromatic carbocycles. The Hall–Kier alpha value is -3.35. The van der Waals surface area contributed by atoms with Crippen LogP contribution in [0.3, 0.4) is 0 Å². The number of rotatable bonds is 10. The number of hydrogen-bond donors (Lipinski definition) is 3. The molecule has 0 aromatic heterocycles. The first-order valence-corrected chi connectivity index (χ1v) is 12.6. The van der Waals surface area contributed by atoms with Crippen molar-refractivity contribution in [3.05, 3.63) is 59.7 Å². The molecule has 7 heteroatoms. The minimum absolute atomic E-state index is 0.00967. The van der Waals surface area contributed by atoms with Gasteiger partial charge < -0.3 is 20.5 Å². The highest BCUT2D eigenvalue weighted by Crippen LogP contribution is 2.44. The zero-order valence-electron chi connectivity index (χ0n) is 20.1. The molecule has 2 amide bonds. The van der Waals surface area contributed by atoms with Crippen LogP contribution in [0.5, 0.6) is 0 Å². The summed E-state index contributed by atoms with van der Waals surface area (Å²) in [5, 5.41) is 14.7. The van der Waals surface area contributed by atoms with Crippen molar-refractivity contribution in [3.63, 3.8) is 0 Å². The van der Waals surface area contributed by atoms with Crippen molar-refractivity contribution >= 4 is 18.0 Å². The van der Waals surface area contributed by atoms with E-state index in [9.17, 15) is 14.4 Å². The number of nitrogens with one attached hydrogen (secondary N) is 2. The fourth-order valence-corrected chi connectivity index (χ4v) is 5.42. The molecule has 2 aliphatic rings. The van der Waals surface area contributed by atoms with Gasteiger partial charge in [0.25, 0.3) is 0 Å². The van der Waals surface area contributed by atoms with Gasteiger partial charge in [-0.15, -0.1) is 0 Å². The fraction of sp³-hybridized carbons (Fsp3) is 0.464. The molecule has 0 saturated heterocycles. The Bertz CT molecular complexity index is 1020. The number of carbonyl (C=O) groups is 3. The lowest BCUT2D eigenvalue weighted by Gasteiger charge is -2.37. The predicted octanol–water partition coefficient (Wildman–Crippen LogP) is 4.99. The maximum Gasteiger partial charge on any atom is 0.407 e. The maximum atomic E-state index is 12.9. The number of carboxylic acids is 1. The largest absolute Gasteiger partial charge is 0.481 e. The number of alkyl carbamates (subject to hydrolysis) is 1. The number of aliphatic carboxylic acids is 1. The van der Waals surface area contributed by atoms with E-state index in [1.165, 1.54) is 11.1 Å². The molecular formula is C28H34N2O5. The second-order valence-corrected chi connectivity index (χ2v) is 9.67. The molecule has 0 atom stereocenters. The molecule has 7 nitrogen and oxygen atoms in total. The summed E-state index contributed by atoms with van der Waals surface area (Å²) in [6, 6.07) is 16.4. The van der Waals surface area contributed by atoms with Gasteiger partial charge in [-0.25, -0.2) is 4.79 Å². The molecule has 0 aliphatic heterocycles. The van der Waals surface area contributed by atoms with E-state index in [2.05, 4.69) is 34.9 Å². The van der Waals surface area contributed by atoms with Gasteiger partial charge in [-0.05, 0) is 47.9 Å². The van der Waals surface area contributed by atoms with E-state index in [-0.39, 0.29) is 31.3 Å². The summed E-state index contributed by atoms with van der Waals surface area (Å²) >= 11 is 0. The molecule has 2 aromatic rings. The third-order valence-corrected chi connectivity index (χ3v) is 7.16. The van der Waals surface area contributed by atoms with E-state index in [0.29, 0.717) is 19.4 Å². The lowest BCUT2D eigenvalue weighted by atomic mass is 9.79. The Balaban J connectivity index is 1.34. The van der Waals surface area contributed by atoms with Crippen LogP contribution in [0, 0.1) is 0 Å². The molecule has 35 heavy (non-hydrogen) atoms. The third kappa shape index (κ3) is 6.21. The number of hydrogen-bond acceptors (Lipinski definition) is 4. The second kappa shape index (κ2) is 11.4. The number of benzene rings is 2. The summed E-state index contributed by atoms with van der Waals surface area (Å²) in [4.78, 5) is 36.2. The van der Waals surface area contributed by atoms with Crippen molar-refractivity contribution in [2.24, 2.45) is 0 Å². The predicted molar refractivity (Wildman–Crippen MR) is 133 cm³/mol. The van der Waals surface area contributed by atoms with E-state index < -0.39 is 17.6 Å². The first-order valence-electron chi connectivity index (χ1n) is 12.6. The topological polar surface area (TPSA) is 105 Å². The lowest BCUT2D eigenvalue weighted by Crippen LogP contribution is -2.52. The summed E-state index contributed by atoms with van der Waals surface area (Å²) in [5.41, 5.74) is 4.08. The average molecular weight is 479 g/mol. The standard InChI is InChI=1S/C28H34N2O5/c31-25(29-17-9-6-14-26(32)33)18-28(15-7-1-8-16-28)30-27(34)35-19-24-22-12-4-2-10-20(22)21-11-3-5-13-23(21)24/h2-5,10-13,24H,1,6-9,14-19H2,(H,29,31)(H,30,34)(H,32,33). The minimum Gasteiger partial charge on any atom is -0.481 e. The van der Waals surface area contributed by atoms with E-state index in [0.717, 1.165) is 43.2 Å². The van der Waals surface area contributed by atoms with E-state index in [1.807, 2.05) is 24.3 Å². The highest BCUT2D eigenvalue weighted by molar-refractivity contribution is 5.80. The number of fused-ring (bicyclic) bond motifs is 3. The Morgan fingerprint density at radius 3 is 2.17 bits per heavy atom. The van der Waals surface area contributed by atoms with Gasteiger partial charge >= 0.3 is 12.1 Å². The van der Waals surface area contributed by atoms with E-state index in [1.54, 1.807) is 0 Å². The zero-order valence-corrected chi connectivity index (χ0v) is 20.1. The molecule has 186 valence electrons. The van der Waals surface area contributed by atoms with Crippen molar-refractivity contribution in [1.29, 1.82) is 0 Å². The summed E-state index contributed by atoms with van der Waals surface area (Å²) in [7, 11) is 0. The first-order chi connectivity index (χ1) is 17.0. The normalized spacial score (nSPS) is 16.1. The highest BCUT2D eigenvalue weighted by atomic mass is 16.5. The van der Waals surface area contributed by atoms with Gasteiger partial charge in [-0.2, -0.15) is 0 Å². The van der Waals surface area contributed by atoms with Gasteiger partial charge in [0, 0.05) is 25.3 Å². The van der Waals surface area contributed by atoms with Crippen LogP contribution in [0.25, 0.3) is 11.1 Å². The van der Waals surface area contributed by atoms with E-state index in [4.69, 9.17) is 9.84 Å². The van der Waals surface area contributed by atoms with Crippen LogP contribution in [-0.4, -0.2) is 41.8 Å². The average Bonchev–Trinajstić information content (AvgIpc) is 3.16. The van der Waals surface area contributed by atoms with Crippen molar-refractivity contribution in [1.82, 2.24) is 10.6 Å². The summed E-state index contributed by atoms with van der Waals surface area (Å²) in [6.45, 7) is 0.679. The van der Waals surface area contributed by atoms with Gasteiger partial charge in [0.15, 0.2) is 0 Å². The third-order valence-electron chi connectivity index (χ3n) is 7.16. The number of ether oxygens (including phenoxy) is 1. The second-order valence-electron chi connectivity index (χ2n) is 9.67. The van der Waals surface area contributed by atoms with Gasteiger partial charge in [0.05, 0.1) is 5.54 Å². The van der Waals surface area contributed by atoms with Crippen LogP contribution in [0.2, 0.25) is 0 Å². The number of carboxylic acid groups (broad SMARTS) is 1. The summed E-state index contributed by atoms with van der Waals surface area (Å²) < 4.78 is 5.75. The molecule has 0 bridgehead atoms. The Labute approximate surface area is 206 Å². The Morgan fingerprint density at radius 1 is 0.914 bits per heavy atom. The Kier molecular flexibility index (Phi) is 8.06. The minimum atomic E-state index is -0.829. The van der Waals surface area contributed by atoms with Crippen LogP contribution in [0.15, 0.2) is 48.5 Å². The highest BCUT2D eigenvalue weighted by Gasteiger charge is 2.37. The number of unbranched alkanes of at least 4 members (excludes halogenated alkanes) is 1. The van der Waals surface area contributed by atoms with Crippen molar-refractivity contribution < 1.29 is 24.2 Å². The first kappa shape index (κ1) is 24.8. The molecule has 1 fully saturated rings. The van der Waals surface area contributed by atoms with Gasteiger partial charge in [0.1, 0.15) is 6.61 Å². The molecule has 0 spiro atoms. The molecule has 0 unspecified atom stereocenters. The van der Waals surface area contributed by atoms with E-state index >= 15 is 0 Å². The SMILES string of the molecule is O=C(O)CCCCNC(=O)CC1(NC(=O)OCC2c3ccccc3-c3ccccc32)CCCCC1. The summed E-state index contributed by atoms with van der Waals surface area (Å²) in [6.07, 6.45) is 5.44. The smallest absolute Gasteiger partial charge is 0.407 e. The van der Waals surface area contributed by atoms with Crippen LogP contribution in [0.1, 0.15) is 74.8 Å². The maximum absolute atomic E-state index is 12.9. The summed E-state index contributed by atoms with van der Waals surface area (Å²) in [5.74, 6) is -0.962. The number of carbonyl (C=O) groups excluding carboxylic acids is 2. The molecule has 0 radical (unpaired) electrons. The van der Waals surface area contributed by atoms with Crippen molar-refractivity contribution in [3.8, 4) is 11.1 Å². The molecule has 1 saturated carbocycles. The fourth-order valence-electron chi connectivity index (χ4n) is 5.42. The van der Waals surface area contributed by atoms with Crippen molar-refractivity contribution in [2.75, 3.05) is 13.2 Å². The van der Waals surface area contributed by atoms with Crippen LogP contribution in [-0.2, 0) is 14.3 Å². The van der Waals surface area contributed by atoms with Gasteiger partial charge in [0.2, 0.25) is 5.91 Å². The van der Waals surface area contributed by atoms with Crippen molar-refractivity contribution in [2.45, 2.75) is 69.2 Å². The van der Waals surface area contributed by atoms with Crippen LogP contribution >= 0.6 is 0 Å². The van der Waals surface area contributed by atoms with Gasteiger partial charge in [-0.3, -0.25) is 9.59 Å². The molecular weight excluding hydrogens is 444 g/mol. The quantitative estimate of drug-likeness (QED) is 0.417. The number of amides is 2. The van der Waals surface area contributed by atoms with Crippen LogP contribution in [0.4, 0.5) is 4.79 Å².